The molecule has 0 aromatic heterocycles. The van der Waals surface area contributed by atoms with E-state index < -0.39 is 6.04 Å². The molecule has 1 atom stereocenters. The summed E-state index contributed by atoms with van der Waals surface area (Å²) in [5.41, 5.74) is 0.823. The third-order valence-electron chi connectivity index (χ3n) is 3.92. The van der Waals surface area contributed by atoms with Crippen LogP contribution in [-0.4, -0.2) is 35.1 Å². The van der Waals surface area contributed by atoms with Crippen LogP contribution in [0.4, 0.5) is 0 Å². The first kappa shape index (κ1) is 20.3. The molecule has 2 rings (SSSR count). The second-order valence-corrected chi connectivity index (χ2v) is 7.24. The Morgan fingerprint density at radius 1 is 1.12 bits per heavy atom. The predicted octanol–water partition coefficient (Wildman–Crippen LogP) is 3.99. The van der Waals surface area contributed by atoms with Crippen LogP contribution in [0.15, 0.2) is 59.5 Å². The molecule has 0 aliphatic rings. The van der Waals surface area contributed by atoms with E-state index in [1.165, 1.54) is 11.8 Å². The molecule has 6 heteroatoms. The van der Waals surface area contributed by atoms with Crippen molar-refractivity contribution >= 4 is 35.2 Å². The van der Waals surface area contributed by atoms with Crippen LogP contribution in [-0.2, 0) is 16.1 Å². The van der Waals surface area contributed by atoms with Gasteiger partial charge in [-0.25, -0.2) is 0 Å². The topological polar surface area (TPSA) is 49.4 Å². The molecule has 0 heterocycles. The van der Waals surface area contributed by atoms with Gasteiger partial charge in [-0.2, -0.15) is 0 Å². The molecule has 0 bridgehead atoms. The number of carbonyl (C=O) groups is 2. The Bertz CT molecular complexity index is 740. The molecule has 0 aliphatic carbocycles. The minimum atomic E-state index is -0.574. The Morgan fingerprint density at radius 3 is 2.42 bits per heavy atom. The summed E-state index contributed by atoms with van der Waals surface area (Å²) in [7, 11) is 0. The van der Waals surface area contributed by atoms with Gasteiger partial charge in [-0.05, 0) is 37.6 Å². The Balaban J connectivity index is 2.14. The standard InChI is InChI=1S/C20H23ClN2O2S/c1-3-22-20(25)15(2)23(13-16-9-7-8-12-18(16)21)19(24)14-26-17-10-5-4-6-11-17/h4-12,15H,3,13-14H2,1-2H3,(H,22,25). The van der Waals surface area contributed by atoms with Crippen molar-refractivity contribution in [3.8, 4) is 0 Å². The van der Waals surface area contributed by atoms with E-state index in [2.05, 4.69) is 5.32 Å². The fraction of sp³-hybridized carbons (Fsp3) is 0.300. The number of nitrogens with one attached hydrogen (secondary N) is 1. The number of benzene rings is 2. The molecule has 0 saturated heterocycles. The lowest BCUT2D eigenvalue weighted by Crippen LogP contribution is -2.48. The molecule has 1 N–H and O–H groups in total. The lowest BCUT2D eigenvalue weighted by atomic mass is 10.1. The zero-order chi connectivity index (χ0) is 18.9. The van der Waals surface area contributed by atoms with Crippen molar-refractivity contribution in [2.45, 2.75) is 31.3 Å². The fourth-order valence-corrected chi connectivity index (χ4v) is 3.46. The molecular weight excluding hydrogens is 368 g/mol. The number of nitrogens with zero attached hydrogens (tertiary/aromatic N) is 1. The number of likely N-dealkylation sites (N-methyl/N-ethyl adjacent to an activating group) is 1. The van der Waals surface area contributed by atoms with Gasteiger partial charge in [0.25, 0.3) is 0 Å². The first-order valence-corrected chi connectivity index (χ1v) is 9.87. The monoisotopic (exact) mass is 390 g/mol. The minimum Gasteiger partial charge on any atom is -0.355 e. The second kappa shape index (κ2) is 10.2. The van der Waals surface area contributed by atoms with Gasteiger partial charge in [0.15, 0.2) is 0 Å². The summed E-state index contributed by atoms with van der Waals surface area (Å²) < 4.78 is 0. The zero-order valence-electron chi connectivity index (χ0n) is 14.9. The SMILES string of the molecule is CCNC(=O)C(C)N(Cc1ccccc1Cl)C(=O)CSc1ccccc1. The summed E-state index contributed by atoms with van der Waals surface area (Å²) in [6.07, 6.45) is 0. The van der Waals surface area contributed by atoms with E-state index in [9.17, 15) is 9.59 Å². The number of rotatable bonds is 8. The highest BCUT2D eigenvalue weighted by atomic mass is 35.5. The van der Waals surface area contributed by atoms with Gasteiger partial charge in [0.2, 0.25) is 11.8 Å². The normalized spacial score (nSPS) is 11.7. The predicted molar refractivity (Wildman–Crippen MR) is 107 cm³/mol. The molecular formula is C20H23ClN2O2S. The number of carbonyl (C=O) groups excluding carboxylic acids is 2. The molecule has 2 aromatic carbocycles. The molecule has 138 valence electrons. The van der Waals surface area contributed by atoms with E-state index >= 15 is 0 Å². The summed E-state index contributed by atoms with van der Waals surface area (Å²) in [5.74, 6) is -0.00627. The third-order valence-corrected chi connectivity index (χ3v) is 5.29. The summed E-state index contributed by atoms with van der Waals surface area (Å²) in [5, 5.41) is 3.37. The molecule has 2 amide bonds. The molecule has 0 radical (unpaired) electrons. The van der Waals surface area contributed by atoms with Crippen LogP contribution >= 0.6 is 23.4 Å². The van der Waals surface area contributed by atoms with Crippen LogP contribution in [0.5, 0.6) is 0 Å². The molecule has 0 spiro atoms. The lowest BCUT2D eigenvalue weighted by molar-refractivity contribution is -0.138. The number of halogens is 1. The van der Waals surface area contributed by atoms with Gasteiger partial charge in [-0.3, -0.25) is 9.59 Å². The highest BCUT2D eigenvalue weighted by Crippen LogP contribution is 2.21. The van der Waals surface area contributed by atoms with E-state index in [1.54, 1.807) is 17.9 Å². The Hall–Kier alpha value is -1.98. The highest BCUT2D eigenvalue weighted by molar-refractivity contribution is 8.00. The van der Waals surface area contributed by atoms with E-state index in [1.807, 2.05) is 55.5 Å². The van der Waals surface area contributed by atoms with Crippen molar-refractivity contribution in [3.63, 3.8) is 0 Å². The summed E-state index contributed by atoms with van der Waals surface area (Å²) in [4.78, 5) is 27.8. The molecule has 26 heavy (non-hydrogen) atoms. The van der Waals surface area contributed by atoms with Gasteiger partial charge < -0.3 is 10.2 Å². The van der Waals surface area contributed by atoms with Crippen LogP contribution in [0.2, 0.25) is 5.02 Å². The van der Waals surface area contributed by atoms with Crippen molar-refractivity contribution in [1.82, 2.24) is 10.2 Å². The second-order valence-electron chi connectivity index (χ2n) is 5.79. The minimum absolute atomic E-state index is 0.0995. The average Bonchev–Trinajstić information content (AvgIpc) is 2.66. The first-order chi connectivity index (χ1) is 12.5. The Kier molecular flexibility index (Phi) is 8.01. The van der Waals surface area contributed by atoms with Gasteiger partial charge in [0, 0.05) is 23.0 Å². The van der Waals surface area contributed by atoms with Gasteiger partial charge in [0.05, 0.1) is 5.75 Å². The lowest BCUT2D eigenvalue weighted by Gasteiger charge is -2.29. The molecule has 0 saturated carbocycles. The zero-order valence-corrected chi connectivity index (χ0v) is 16.5. The van der Waals surface area contributed by atoms with E-state index in [0.29, 0.717) is 18.1 Å². The maximum Gasteiger partial charge on any atom is 0.242 e. The van der Waals surface area contributed by atoms with Crippen molar-refractivity contribution < 1.29 is 9.59 Å². The Morgan fingerprint density at radius 2 is 1.77 bits per heavy atom. The molecule has 0 fully saturated rings. The highest BCUT2D eigenvalue weighted by Gasteiger charge is 2.26. The van der Waals surface area contributed by atoms with E-state index in [4.69, 9.17) is 11.6 Å². The Labute approximate surface area is 163 Å². The molecule has 0 aliphatic heterocycles. The number of hydrogen-bond acceptors (Lipinski definition) is 3. The maximum absolute atomic E-state index is 12.9. The summed E-state index contributed by atoms with van der Waals surface area (Å²) in [6.45, 7) is 4.42. The van der Waals surface area contributed by atoms with Crippen LogP contribution in [0.1, 0.15) is 19.4 Å². The van der Waals surface area contributed by atoms with E-state index in [-0.39, 0.29) is 17.6 Å². The number of hydrogen-bond donors (Lipinski definition) is 1. The summed E-state index contributed by atoms with van der Waals surface area (Å²) >= 11 is 7.71. The molecule has 2 aromatic rings. The van der Waals surface area contributed by atoms with Gasteiger partial charge >= 0.3 is 0 Å². The van der Waals surface area contributed by atoms with Crippen LogP contribution < -0.4 is 5.32 Å². The smallest absolute Gasteiger partial charge is 0.242 e. The number of thioether (sulfide) groups is 1. The maximum atomic E-state index is 12.9. The van der Waals surface area contributed by atoms with Crippen LogP contribution in [0.25, 0.3) is 0 Å². The average molecular weight is 391 g/mol. The summed E-state index contributed by atoms with van der Waals surface area (Å²) in [6, 6.07) is 16.5. The van der Waals surface area contributed by atoms with Gasteiger partial charge in [-0.15, -0.1) is 11.8 Å². The fourth-order valence-electron chi connectivity index (χ4n) is 2.46. The van der Waals surface area contributed by atoms with Gasteiger partial charge in [0.1, 0.15) is 6.04 Å². The molecule has 1 unspecified atom stereocenters. The van der Waals surface area contributed by atoms with Gasteiger partial charge in [-0.1, -0.05) is 48.0 Å². The van der Waals surface area contributed by atoms with Crippen molar-refractivity contribution in [2.75, 3.05) is 12.3 Å². The van der Waals surface area contributed by atoms with Crippen molar-refractivity contribution in [3.05, 3.63) is 65.2 Å². The molecule has 4 nitrogen and oxygen atoms in total. The van der Waals surface area contributed by atoms with Crippen LogP contribution in [0.3, 0.4) is 0 Å². The number of amides is 2. The third kappa shape index (κ3) is 5.78. The van der Waals surface area contributed by atoms with Crippen molar-refractivity contribution in [1.29, 1.82) is 0 Å². The largest absolute Gasteiger partial charge is 0.355 e. The first-order valence-electron chi connectivity index (χ1n) is 8.51. The van der Waals surface area contributed by atoms with Crippen molar-refractivity contribution in [2.24, 2.45) is 0 Å². The van der Waals surface area contributed by atoms with E-state index in [0.717, 1.165) is 10.5 Å². The quantitative estimate of drug-likeness (QED) is 0.693. The van der Waals surface area contributed by atoms with Crippen LogP contribution in [0, 0.1) is 0 Å².